The topological polar surface area (TPSA) is 96.7 Å². The molecule has 7 nitrogen and oxygen atoms in total. The van der Waals surface area contributed by atoms with E-state index in [0.29, 0.717) is 16.6 Å². The van der Waals surface area contributed by atoms with Crippen LogP contribution in [0.5, 0.6) is 0 Å². The number of hydrogen-bond acceptors (Lipinski definition) is 5. The summed E-state index contributed by atoms with van der Waals surface area (Å²) in [6.45, 7) is 1.91. The minimum Gasteiger partial charge on any atom is -0.370 e. The van der Waals surface area contributed by atoms with Gasteiger partial charge in [-0.25, -0.2) is 4.98 Å². The number of H-pyrrole nitrogens is 1. The summed E-state index contributed by atoms with van der Waals surface area (Å²) in [6, 6.07) is 14.4. The zero-order valence-corrected chi connectivity index (χ0v) is 13.4. The fraction of sp³-hybridized carbons (Fsp3) is 0.111. The predicted molar refractivity (Wildman–Crippen MR) is 96.5 cm³/mol. The lowest BCUT2D eigenvalue weighted by atomic mass is 10.1. The maximum Gasteiger partial charge on any atom is 0.301 e. The molecule has 2 heterocycles. The standard InChI is InChI=1S/C18H15N5O2/c1-11(18-21-14-6-2-3-7-15(14)22-18)20-16-9-8-13-12(5-4-10-19-13)17(16)23(24)25/h2-11,20H,1H3,(H,21,22). The molecule has 1 unspecified atom stereocenters. The molecule has 4 rings (SSSR count). The molecule has 0 radical (unpaired) electrons. The number of rotatable bonds is 4. The van der Waals surface area contributed by atoms with Gasteiger partial charge >= 0.3 is 5.69 Å². The Balaban J connectivity index is 1.74. The van der Waals surface area contributed by atoms with Crippen molar-refractivity contribution in [3.05, 3.63) is 70.7 Å². The third-order valence-corrected chi connectivity index (χ3v) is 4.13. The first-order valence-corrected chi connectivity index (χ1v) is 7.87. The second-order valence-electron chi connectivity index (χ2n) is 5.79. The fourth-order valence-electron chi connectivity index (χ4n) is 2.93. The summed E-state index contributed by atoms with van der Waals surface area (Å²) in [5, 5.41) is 15.3. The van der Waals surface area contributed by atoms with Crippen LogP contribution in [-0.4, -0.2) is 19.9 Å². The summed E-state index contributed by atoms with van der Waals surface area (Å²) in [4.78, 5) is 23.2. The van der Waals surface area contributed by atoms with Crippen LogP contribution in [0.2, 0.25) is 0 Å². The van der Waals surface area contributed by atoms with E-state index in [4.69, 9.17) is 0 Å². The minimum absolute atomic E-state index is 0.0218. The molecular formula is C18H15N5O2. The SMILES string of the molecule is CC(Nc1ccc2ncccc2c1[N+](=O)[O-])c1nc2ccccc2[nH]1. The number of aromatic nitrogens is 3. The third-order valence-electron chi connectivity index (χ3n) is 4.13. The Hall–Kier alpha value is -3.48. The Morgan fingerprint density at radius 1 is 1.12 bits per heavy atom. The molecule has 2 N–H and O–H groups in total. The van der Waals surface area contributed by atoms with Crippen molar-refractivity contribution in [3.8, 4) is 0 Å². The summed E-state index contributed by atoms with van der Waals surface area (Å²) >= 11 is 0. The lowest BCUT2D eigenvalue weighted by Gasteiger charge is -2.14. The van der Waals surface area contributed by atoms with Crippen molar-refractivity contribution in [3.63, 3.8) is 0 Å². The smallest absolute Gasteiger partial charge is 0.301 e. The third kappa shape index (κ3) is 2.65. The van der Waals surface area contributed by atoms with Gasteiger partial charge in [-0.1, -0.05) is 12.1 Å². The molecule has 0 bridgehead atoms. The Kier molecular flexibility index (Phi) is 3.53. The number of nitro benzene ring substituents is 1. The minimum atomic E-state index is -0.377. The van der Waals surface area contributed by atoms with E-state index >= 15 is 0 Å². The van der Waals surface area contributed by atoms with Gasteiger partial charge in [-0.05, 0) is 43.3 Å². The summed E-state index contributed by atoms with van der Waals surface area (Å²) in [5.41, 5.74) is 2.86. The number of nitrogens with one attached hydrogen (secondary N) is 2. The van der Waals surface area contributed by atoms with E-state index in [-0.39, 0.29) is 16.7 Å². The number of aromatic amines is 1. The molecule has 1 atom stereocenters. The maximum absolute atomic E-state index is 11.6. The van der Waals surface area contributed by atoms with E-state index in [9.17, 15) is 10.1 Å². The maximum atomic E-state index is 11.6. The van der Waals surface area contributed by atoms with Gasteiger partial charge in [-0.2, -0.15) is 0 Å². The van der Waals surface area contributed by atoms with Gasteiger partial charge in [0.05, 0.1) is 32.9 Å². The van der Waals surface area contributed by atoms with Gasteiger partial charge < -0.3 is 10.3 Å². The zero-order valence-electron chi connectivity index (χ0n) is 13.4. The molecule has 0 fully saturated rings. The van der Waals surface area contributed by atoms with Gasteiger partial charge in [-0.15, -0.1) is 0 Å². The molecule has 25 heavy (non-hydrogen) atoms. The van der Waals surface area contributed by atoms with E-state index in [0.717, 1.165) is 16.9 Å². The summed E-state index contributed by atoms with van der Waals surface area (Å²) in [7, 11) is 0. The second-order valence-corrected chi connectivity index (χ2v) is 5.79. The van der Waals surface area contributed by atoms with Crippen molar-refractivity contribution >= 4 is 33.3 Å². The first-order chi connectivity index (χ1) is 12.1. The van der Waals surface area contributed by atoms with Crippen LogP contribution in [0.4, 0.5) is 11.4 Å². The van der Waals surface area contributed by atoms with Crippen LogP contribution in [0, 0.1) is 10.1 Å². The molecule has 0 aliphatic carbocycles. The highest BCUT2D eigenvalue weighted by Crippen LogP contribution is 2.34. The van der Waals surface area contributed by atoms with E-state index in [1.165, 1.54) is 0 Å². The average molecular weight is 333 g/mol. The molecule has 0 aliphatic rings. The lowest BCUT2D eigenvalue weighted by molar-refractivity contribution is -0.382. The molecule has 0 spiro atoms. The number of hydrogen-bond donors (Lipinski definition) is 2. The Labute approximate surface area is 142 Å². The molecule has 0 aliphatic heterocycles. The van der Waals surface area contributed by atoms with E-state index in [1.54, 1.807) is 30.5 Å². The normalized spacial score (nSPS) is 12.4. The highest BCUT2D eigenvalue weighted by molar-refractivity contribution is 5.94. The Morgan fingerprint density at radius 2 is 1.96 bits per heavy atom. The number of benzene rings is 2. The summed E-state index contributed by atoms with van der Waals surface area (Å²) in [6.07, 6.45) is 1.62. The van der Waals surface area contributed by atoms with Crippen LogP contribution < -0.4 is 5.32 Å². The largest absolute Gasteiger partial charge is 0.370 e. The van der Waals surface area contributed by atoms with Crippen molar-refractivity contribution in [1.82, 2.24) is 15.0 Å². The summed E-state index contributed by atoms with van der Waals surface area (Å²) in [5.74, 6) is 0.724. The Morgan fingerprint density at radius 3 is 2.76 bits per heavy atom. The molecule has 124 valence electrons. The number of imidazole rings is 1. The van der Waals surface area contributed by atoms with Gasteiger partial charge in [-0.3, -0.25) is 15.1 Å². The van der Waals surface area contributed by atoms with Crippen LogP contribution in [-0.2, 0) is 0 Å². The molecule has 4 aromatic rings. The highest BCUT2D eigenvalue weighted by atomic mass is 16.6. The van der Waals surface area contributed by atoms with Crippen LogP contribution in [0.1, 0.15) is 18.8 Å². The van der Waals surface area contributed by atoms with Gasteiger partial charge in [0.1, 0.15) is 11.5 Å². The van der Waals surface area contributed by atoms with E-state index < -0.39 is 0 Å². The van der Waals surface area contributed by atoms with E-state index in [1.807, 2.05) is 31.2 Å². The average Bonchev–Trinajstić information content (AvgIpc) is 3.05. The van der Waals surface area contributed by atoms with Crippen molar-refractivity contribution in [2.75, 3.05) is 5.32 Å². The number of pyridine rings is 1. The van der Waals surface area contributed by atoms with Gasteiger partial charge in [0.2, 0.25) is 0 Å². The lowest BCUT2D eigenvalue weighted by Crippen LogP contribution is -2.10. The van der Waals surface area contributed by atoms with E-state index in [2.05, 4.69) is 20.3 Å². The monoisotopic (exact) mass is 333 g/mol. The van der Waals surface area contributed by atoms with Crippen LogP contribution in [0.15, 0.2) is 54.7 Å². The highest BCUT2D eigenvalue weighted by Gasteiger charge is 2.21. The fourth-order valence-corrected chi connectivity index (χ4v) is 2.93. The molecular weight excluding hydrogens is 318 g/mol. The molecule has 2 aromatic heterocycles. The van der Waals surface area contributed by atoms with Gasteiger partial charge in [0, 0.05) is 6.20 Å². The first-order valence-electron chi connectivity index (χ1n) is 7.87. The number of para-hydroxylation sites is 2. The summed E-state index contributed by atoms with van der Waals surface area (Å²) < 4.78 is 0. The van der Waals surface area contributed by atoms with Crippen molar-refractivity contribution in [1.29, 1.82) is 0 Å². The van der Waals surface area contributed by atoms with Crippen molar-refractivity contribution < 1.29 is 4.92 Å². The number of nitrogens with zero attached hydrogens (tertiary/aromatic N) is 3. The molecule has 0 amide bonds. The zero-order chi connectivity index (χ0) is 17.4. The Bertz CT molecular complexity index is 1060. The second kappa shape index (κ2) is 5.86. The molecule has 0 saturated heterocycles. The van der Waals surface area contributed by atoms with Gasteiger partial charge in [0.15, 0.2) is 0 Å². The molecule has 7 heteroatoms. The quantitative estimate of drug-likeness (QED) is 0.431. The molecule has 2 aromatic carbocycles. The van der Waals surface area contributed by atoms with Gasteiger partial charge in [0.25, 0.3) is 0 Å². The van der Waals surface area contributed by atoms with Crippen LogP contribution in [0.3, 0.4) is 0 Å². The van der Waals surface area contributed by atoms with Crippen molar-refractivity contribution in [2.45, 2.75) is 13.0 Å². The first kappa shape index (κ1) is 15.1. The number of anilines is 1. The predicted octanol–water partition coefficient (Wildman–Crippen LogP) is 4.19. The number of fused-ring (bicyclic) bond motifs is 2. The van der Waals surface area contributed by atoms with Crippen LogP contribution in [0.25, 0.3) is 21.9 Å². The van der Waals surface area contributed by atoms with Crippen LogP contribution >= 0.6 is 0 Å². The van der Waals surface area contributed by atoms with Crippen molar-refractivity contribution in [2.24, 2.45) is 0 Å². The molecule has 0 saturated carbocycles. The number of nitro groups is 1.